The van der Waals surface area contributed by atoms with Gasteiger partial charge in [0, 0.05) is 5.56 Å². The fraction of sp³-hybridized carbons (Fsp3) is 0.211. The predicted octanol–water partition coefficient (Wildman–Crippen LogP) is 4.88. The van der Waals surface area contributed by atoms with E-state index >= 15 is 0 Å². The molecule has 0 saturated heterocycles. The number of benzene rings is 1. The topological polar surface area (TPSA) is 63.8 Å². The Hall–Kier alpha value is -2.73. The molecule has 126 valence electrons. The van der Waals surface area contributed by atoms with Gasteiger partial charge in [0.25, 0.3) is 0 Å². The Balaban J connectivity index is 1.56. The minimum Gasteiger partial charge on any atom is -0.444 e. The van der Waals surface area contributed by atoms with Crippen LogP contribution in [0.5, 0.6) is 0 Å². The second-order valence-electron chi connectivity index (χ2n) is 6.08. The number of anilines is 1. The van der Waals surface area contributed by atoms with Gasteiger partial charge in [-0.1, -0.05) is 17.7 Å². The molecule has 6 heteroatoms. The highest BCUT2D eigenvalue weighted by Crippen LogP contribution is 2.29. The average Bonchev–Trinajstić information content (AvgIpc) is 3.21. The predicted molar refractivity (Wildman–Crippen MR) is 101 cm³/mol. The van der Waals surface area contributed by atoms with Gasteiger partial charge < -0.3 is 9.73 Å². The molecule has 0 aliphatic heterocycles. The van der Waals surface area contributed by atoms with E-state index in [1.165, 1.54) is 11.1 Å². The van der Waals surface area contributed by atoms with E-state index in [0.717, 1.165) is 33.1 Å². The highest BCUT2D eigenvalue weighted by molar-refractivity contribution is 7.17. The van der Waals surface area contributed by atoms with Gasteiger partial charge in [-0.2, -0.15) is 0 Å². The quantitative estimate of drug-likeness (QED) is 0.568. The van der Waals surface area contributed by atoms with Crippen LogP contribution >= 0.6 is 11.3 Å². The van der Waals surface area contributed by atoms with E-state index in [1.54, 1.807) is 17.6 Å². The van der Waals surface area contributed by atoms with Crippen molar-refractivity contribution in [1.29, 1.82) is 0 Å². The van der Waals surface area contributed by atoms with E-state index in [9.17, 15) is 0 Å². The first-order valence-corrected chi connectivity index (χ1v) is 8.96. The molecule has 0 bridgehead atoms. The van der Waals surface area contributed by atoms with Gasteiger partial charge in [0.05, 0.1) is 17.6 Å². The van der Waals surface area contributed by atoms with Crippen molar-refractivity contribution in [1.82, 2.24) is 15.0 Å². The summed E-state index contributed by atoms with van der Waals surface area (Å²) in [5.41, 5.74) is 4.22. The van der Waals surface area contributed by atoms with E-state index < -0.39 is 0 Å². The van der Waals surface area contributed by atoms with Crippen molar-refractivity contribution in [3.8, 4) is 11.5 Å². The lowest BCUT2D eigenvalue weighted by atomic mass is 10.1. The molecule has 0 radical (unpaired) electrons. The third-order valence-corrected chi connectivity index (χ3v) is 5.01. The van der Waals surface area contributed by atoms with E-state index in [1.807, 2.05) is 19.1 Å². The van der Waals surface area contributed by atoms with Crippen molar-refractivity contribution in [2.24, 2.45) is 0 Å². The molecule has 1 N–H and O–H groups in total. The average molecular weight is 350 g/mol. The Kier molecular flexibility index (Phi) is 3.97. The molecule has 0 aliphatic rings. The molecule has 3 heterocycles. The highest BCUT2D eigenvalue weighted by atomic mass is 32.1. The van der Waals surface area contributed by atoms with Gasteiger partial charge in [0.15, 0.2) is 0 Å². The lowest BCUT2D eigenvalue weighted by Gasteiger charge is -2.06. The number of aryl methyl sites for hydroxylation is 3. The maximum absolute atomic E-state index is 5.62. The maximum atomic E-state index is 5.62. The number of hydrogen-bond acceptors (Lipinski definition) is 6. The molecule has 5 nitrogen and oxygen atoms in total. The van der Waals surface area contributed by atoms with Crippen LogP contribution in [0.2, 0.25) is 0 Å². The monoisotopic (exact) mass is 350 g/mol. The molecule has 0 amide bonds. The molecular formula is C19H18N4OS. The Morgan fingerprint density at radius 2 is 1.84 bits per heavy atom. The van der Waals surface area contributed by atoms with Gasteiger partial charge in [-0.05, 0) is 43.8 Å². The van der Waals surface area contributed by atoms with Crippen molar-refractivity contribution < 1.29 is 4.42 Å². The molecule has 0 fully saturated rings. The summed E-state index contributed by atoms with van der Waals surface area (Å²) >= 11 is 1.64. The lowest BCUT2D eigenvalue weighted by Crippen LogP contribution is -2.04. The first kappa shape index (κ1) is 15.8. The molecule has 25 heavy (non-hydrogen) atoms. The molecule has 0 aliphatic carbocycles. The summed E-state index contributed by atoms with van der Waals surface area (Å²) in [5.74, 6) is 2.24. The fourth-order valence-corrected chi connectivity index (χ4v) is 3.68. The third kappa shape index (κ3) is 3.13. The summed E-state index contributed by atoms with van der Waals surface area (Å²) in [4.78, 5) is 14.6. The van der Waals surface area contributed by atoms with Crippen LogP contribution < -0.4 is 5.32 Å². The van der Waals surface area contributed by atoms with Crippen LogP contribution in [0.4, 0.5) is 5.82 Å². The van der Waals surface area contributed by atoms with Crippen LogP contribution in [0.3, 0.4) is 0 Å². The number of fused-ring (bicyclic) bond motifs is 1. The SMILES string of the molecule is Cc1ccc(-c2nc(CNc3nc(C)nc4scc(C)c34)co2)cc1. The first-order chi connectivity index (χ1) is 12.1. The Labute approximate surface area is 149 Å². The summed E-state index contributed by atoms with van der Waals surface area (Å²) in [6.45, 7) is 6.60. The van der Waals surface area contributed by atoms with Crippen LogP contribution in [0.15, 0.2) is 40.3 Å². The summed E-state index contributed by atoms with van der Waals surface area (Å²) in [7, 11) is 0. The standard InChI is InChI=1S/C19H18N4OS/c1-11-4-6-14(7-5-11)18-23-15(9-24-18)8-20-17-16-12(2)10-25-19(16)22-13(3)21-17/h4-7,9-10H,8H2,1-3H3,(H,20,21,22). The number of hydrogen-bond donors (Lipinski definition) is 1. The number of oxazole rings is 1. The zero-order valence-corrected chi connectivity index (χ0v) is 15.1. The van der Waals surface area contributed by atoms with Gasteiger partial charge in [-0.15, -0.1) is 11.3 Å². The van der Waals surface area contributed by atoms with Crippen LogP contribution in [-0.2, 0) is 6.54 Å². The van der Waals surface area contributed by atoms with Gasteiger partial charge in [-0.3, -0.25) is 0 Å². The van der Waals surface area contributed by atoms with E-state index in [4.69, 9.17) is 4.42 Å². The summed E-state index contributed by atoms with van der Waals surface area (Å²) in [6.07, 6.45) is 1.69. The molecule has 3 aromatic heterocycles. The summed E-state index contributed by atoms with van der Waals surface area (Å²) < 4.78 is 5.62. The van der Waals surface area contributed by atoms with E-state index in [0.29, 0.717) is 12.4 Å². The van der Waals surface area contributed by atoms with Gasteiger partial charge in [0.1, 0.15) is 22.7 Å². The van der Waals surface area contributed by atoms with Gasteiger partial charge >= 0.3 is 0 Å². The van der Waals surface area contributed by atoms with Crippen molar-refractivity contribution in [3.05, 3.63) is 58.6 Å². The molecule has 1 aromatic carbocycles. The zero-order chi connectivity index (χ0) is 17.4. The zero-order valence-electron chi connectivity index (χ0n) is 14.3. The van der Waals surface area contributed by atoms with E-state index in [2.05, 4.69) is 51.6 Å². The van der Waals surface area contributed by atoms with Crippen LogP contribution in [-0.4, -0.2) is 15.0 Å². The minimum atomic E-state index is 0.552. The Morgan fingerprint density at radius 3 is 2.64 bits per heavy atom. The van der Waals surface area contributed by atoms with Crippen molar-refractivity contribution in [2.45, 2.75) is 27.3 Å². The van der Waals surface area contributed by atoms with Gasteiger partial charge in [-0.25, -0.2) is 15.0 Å². The third-order valence-electron chi connectivity index (χ3n) is 4.02. The van der Waals surface area contributed by atoms with Crippen molar-refractivity contribution in [2.75, 3.05) is 5.32 Å². The Morgan fingerprint density at radius 1 is 1.04 bits per heavy atom. The Bertz CT molecular complexity index is 1030. The number of thiophene rings is 1. The van der Waals surface area contributed by atoms with E-state index in [-0.39, 0.29) is 0 Å². The van der Waals surface area contributed by atoms with Crippen molar-refractivity contribution >= 4 is 27.4 Å². The summed E-state index contributed by atoms with van der Waals surface area (Å²) in [5, 5.41) is 6.57. The molecule has 0 saturated carbocycles. The molecule has 0 spiro atoms. The summed E-state index contributed by atoms with van der Waals surface area (Å²) in [6, 6.07) is 8.14. The van der Waals surface area contributed by atoms with Crippen LogP contribution in [0, 0.1) is 20.8 Å². The molecule has 0 atom stereocenters. The van der Waals surface area contributed by atoms with Gasteiger partial charge in [0.2, 0.25) is 5.89 Å². The number of rotatable bonds is 4. The second kappa shape index (κ2) is 6.29. The maximum Gasteiger partial charge on any atom is 0.226 e. The number of aromatic nitrogens is 3. The highest BCUT2D eigenvalue weighted by Gasteiger charge is 2.12. The molecule has 4 aromatic rings. The normalized spacial score (nSPS) is 11.2. The largest absolute Gasteiger partial charge is 0.444 e. The minimum absolute atomic E-state index is 0.552. The first-order valence-electron chi connectivity index (χ1n) is 8.08. The van der Waals surface area contributed by atoms with Crippen molar-refractivity contribution in [3.63, 3.8) is 0 Å². The van der Waals surface area contributed by atoms with Crippen LogP contribution in [0.1, 0.15) is 22.6 Å². The number of nitrogens with zero attached hydrogens (tertiary/aromatic N) is 3. The smallest absolute Gasteiger partial charge is 0.226 e. The fourth-order valence-electron chi connectivity index (χ4n) is 2.71. The number of nitrogens with one attached hydrogen (secondary N) is 1. The molecular weight excluding hydrogens is 332 g/mol. The molecule has 0 unspecified atom stereocenters. The van der Waals surface area contributed by atoms with Crippen LogP contribution in [0.25, 0.3) is 21.7 Å². The lowest BCUT2D eigenvalue weighted by molar-refractivity contribution is 0.573. The molecule has 4 rings (SSSR count). The second-order valence-corrected chi connectivity index (χ2v) is 6.94.